The van der Waals surface area contributed by atoms with Crippen molar-refractivity contribution < 1.29 is 9.53 Å². The van der Waals surface area contributed by atoms with Crippen molar-refractivity contribution in [3.8, 4) is 0 Å². The van der Waals surface area contributed by atoms with Crippen molar-refractivity contribution in [2.45, 2.75) is 0 Å². The van der Waals surface area contributed by atoms with Gasteiger partial charge in [-0.1, -0.05) is 11.6 Å². The zero-order valence-electron chi connectivity index (χ0n) is 14.3. The van der Waals surface area contributed by atoms with Gasteiger partial charge in [0, 0.05) is 45.3 Å². The molecule has 2 aromatic heterocycles. The Morgan fingerprint density at radius 2 is 1.65 bits per heavy atom. The van der Waals surface area contributed by atoms with Gasteiger partial charge < -0.3 is 19.4 Å². The molecule has 0 aromatic carbocycles. The molecular formula is C17H20ClN5O2S. The molecule has 2 aliphatic rings. The van der Waals surface area contributed by atoms with E-state index in [2.05, 4.69) is 19.8 Å². The average molecular weight is 394 g/mol. The molecule has 7 nitrogen and oxygen atoms in total. The number of hydrogen-bond acceptors (Lipinski definition) is 7. The van der Waals surface area contributed by atoms with Gasteiger partial charge in [0.2, 0.25) is 0 Å². The van der Waals surface area contributed by atoms with Crippen LogP contribution >= 0.6 is 22.9 Å². The topological polar surface area (TPSA) is 61.8 Å². The molecule has 0 saturated carbocycles. The van der Waals surface area contributed by atoms with Crippen LogP contribution in [0.2, 0.25) is 4.34 Å². The Hall–Kier alpha value is -1.90. The van der Waals surface area contributed by atoms with Crippen LogP contribution in [0.15, 0.2) is 24.5 Å². The van der Waals surface area contributed by atoms with E-state index in [0.29, 0.717) is 22.3 Å². The molecule has 2 saturated heterocycles. The SMILES string of the molecule is O=C(c1ccc(Cl)s1)N1CCN(c2cc(N3CCOCC3)ncn2)CC1. The van der Waals surface area contributed by atoms with Crippen molar-refractivity contribution in [1.29, 1.82) is 0 Å². The highest BCUT2D eigenvalue weighted by Crippen LogP contribution is 2.24. The third kappa shape index (κ3) is 3.77. The lowest BCUT2D eigenvalue weighted by Gasteiger charge is -2.35. The molecule has 0 unspecified atom stereocenters. The number of morpholine rings is 1. The van der Waals surface area contributed by atoms with Crippen molar-refractivity contribution >= 4 is 40.5 Å². The predicted molar refractivity (Wildman–Crippen MR) is 103 cm³/mol. The van der Waals surface area contributed by atoms with Crippen molar-refractivity contribution in [2.75, 3.05) is 62.3 Å². The maximum absolute atomic E-state index is 12.5. The quantitative estimate of drug-likeness (QED) is 0.794. The highest BCUT2D eigenvalue weighted by atomic mass is 35.5. The van der Waals surface area contributed by atoms with Gasteiger partial charge in [-0.15, -0.1) is 11.3 Å². The first kappa shape index (κ1) is 17.5. The molecule has 0 bridgehead atoms. The first-order chi connectivity index (χ1) is 12.7. The molecule has 2 aliphatic heterocycles. The highest BCUT2D eigenvalue weighted by molar-refractivity contribution is 7.17. The number of aromatic nitrogens is 2. The molecule has 0 N–H and O–H groups in total. The molecule has 1 amide bonds. The minimum absolute atomic E-state index is 0.0539. The van der Waals surface area contributed by atoms with Gasteiger partial charge in [0.1, 0.15) is 18.0 Å². The van der Waals surface area contributed by atoms with E-state index in [9.17, 15) is 4.79 Å². The molecule has 26 heavy (non-hydrogen) atoms. The number of amides is 1. The lowest BCUT2D eigenvalue weighted by Crippen LogP contribution is -2.49. The largest absolute Gasteiger partial charge is 0.378 e. The molecule has 0 atom stereocenters. The molecule has 138 valence electrons. The van der Waals surface area contributed by atoms with Crippen molar-refractivity contribution in [3.05, 3.63) is 33.7 Å². The minimum Gasteiger partial charge on any atom is -0.378 e. The normalized spacial score (nSPS) is 18.3. The summed E-state index contributed by atoms with van der Waals surface area (Å²) in [6.45, 7) is 6.01. The Labute approximate surface area is 161 Å². The van der Waals surface area contributed by atoms with E-state index in [1.165, 1.54) is 11.3 Å². The van der Waals surface area contributed by atoms with E-state index in [0.717, 1.165) is 51.0 Å². The monoisotopic (exact) mass is 393 g/mol. The van der Waals surface area contributed by atoms with E-state index >= 15 is 0 Å². The molecule has 2 fully saturated rings. The third-order valence-corrected chi connectivity index (χ3v) is 5.87. The zero-order valence-corrected chi connectivity index (χ0v) is 15.9. The average Bonchev–Trinajstić information content (AvgIpc) is 3.15. The molecule has 0 aliphatic carbocycles. The number of rotatable bonds is 3. The highest BCUT2D eigenvalue weighted by Gasteiger charge is 2.24. The Balaban J connectivity index is 1.39. The van der Waals surface area contributed by atoms with Crippen molar-refractivity contribution in [1.82, 2.24) is 14.9 Å². The first-order valence-corrected chi connectivity index (χ1v) is 9.84. The van der Waals surface area contributed by atoms with E-state index in [-0.39, 0.29) is 5.91 Å². The van der Waals surface area contributed by atoms with Crippen LogP contribution in [-0.4, -0.2) is 73.3 Å². The summed E-state index contributed by atoms with van der Waals surface area (Å²) in [5.74, 6) is 1.90. The molecule has 2 aromatic rings. The van der Waals surface area contributed by atoms with Gasteiger partial charge in [-0.2, -0.15) is 0 Å². The Morgan fingerprint density at radius 1 is 1.00 bits per heavy atom. The third-order valence-electron chi connectivity index (χ3n) is 4.65. The van der Waals surface area contributed by atoms with Crippen LogP contribution < -0.4 is 9.80 Å². The Bertz CT molecular complexity index is 772. The summed E-state index contributed by atoms with van der Waals surface area (Å²) in [7, 11) is 0. The molecule has 0 spiro atoms. The number of anilines is 2. The number of piperazine rings is 1. The maximum atomic E-state index is 12.5. The number of thiophene rings is 1. The van der Waals surface area contributed by atoms with Gasteiger partial charge in [-0.3, -0.25) is 4.79 Å². The smallest absolute Gasteiger partial charge is 0.264 e. The minimum atomic E-state index is 0.0539. The molecule has 4 heterocycles. The van der Waals surface area contributed by atoms with Crippen LogP contribution in [0.5, 0.6) is 0 Å². The fourth-order valence-corrected chi connectivity index (χ4v) is 4.21. The number of halogens is 1. The molecular weight excluding hydrogens is 374 g/mol. The lowest BCUT2D eigenvalue weighted by molar-refractivity contribution is 0.0751. The summed E-state index contributed by atoms with van der Waals surface area (Å²) < 4.78 is 6.04. The molecule has 9 heteroatoms. The van der Waals surface area contributed by atoms with Gasteiger partial charge in [-0.25, -0.2) is 9.97 Å². The van der Waals surface area contributed by atoms with Crippen molar-refractivity contribution in [2.24, 2.45) is 0 Å². The second-order valence-corrected chi connectivity index (χ2v) is 7.93. The van der Waals surface area contributed by atoms with Crippen molar-refractivity contribution in [3.63, 3.8) is 0 Å². The fourth-order valence-electron chi connectivity index (χ4n) is 3.20. The maximum Gasteiger partial charge on any atom is 0.264 e. The van der Waals surface area contributed by atoms with E-state index in [1.54, 1.807) is 18.5 Å². The van der Waals surface area contributed by atoms with Gasteiger partial charge in [0.15, 0.2) is 0 Å². The number of carbonyl (C=O) groups is 1. The number of carbonyl (C=O) groups excluding carboxylic acids is 1. The summed E-state index contributed by atoms with van der Waals surface area (Å²) >= 11 is 7.27. The second kappa shape index (κ2) is 7.77. The standard InChI is InChI=1S/C17H20ClN5O2S/c18-14-2-1-13(26-14)17(24)23-5-3-21(4-6-23)15-11-16(20-12-19-15)22-7-9-25-10-8-22/h1-2,11-12H,3-10H2. The van der Waals surface area contributed by atoms with Gasteiger partial charge in [0.05, 0.1) is 22.4 Å². The van der Waals surface area contributed by atoms with E-state index in [1.807, 2.05) is 11.0 Å². The summed E-state index contributed by atoms with van der Waals surface area (Å²) in [5.41, 5.74) is 0. The van der Waals surface area contributed by atoms with Gasteiger partial charge in [0.25, 0.3) is 5.91 Å². The van der Waals surface area contributed by atoms with Crippen LogP contribution in [0.25, 0.3) is 0 Å². The van der Waals surface area contributed by atoms with Gasteiger partial charge >= 0.3 is 0 Å². The van der Waals surface area contributed by atoms with E-state index < -0.39 is 0 Å². The van der Waals surface area contributed by atoms with Crippen LogP contribution in [-0.2, 0) is 4.74 Å². The van der Waals surface area contributed by atoms with Crippen LogP contribution in [0.3, 0.4) is 0 Å². The summed E-state index contributed by atoms with van der Waals surface area (Å²) in [5, 5.41) is 0. The Kier molecular flexibility index (Phi) is 5.23. The zero-order chi connectivity index (χ0) is 17.9. The second-order valence-electron chi connectivity index (χ2n) is 6.22. The lowest BCUT2D eigenvalue weighted by atomic mass is 10.3. The van der Waals surface area contributed by atoms with Crippen LogP contribution in [0.1, 0.15) is 9.67 Å². The number of nitrogens with zero attached hydrogens (tertiary/aromatic N) is 5. The van der Waals surface area contributed by atoms with E-state index in [4.69, 9.17) is 16.3 Å². The summed E-state index contributed by atoms with van der Waals surface area (Å²) in [4.78, 5) is 28.4. The summed E-state index contributed by atoms with van der Waals surface area (Å²) in [6, 6.07) is 5.59. The van der Waals surface area contributed by atoms with Crippen LogP contribution in [0.4, 0.5) is 11.6 Å². The van der Waals surface area contributed by atoms with Crippen LogP contribution in [0, 0.1) is 0 Å². The predicted octanol–water partition coefficient (Wildman–Crippen LogP) is 1.99. The molecule has 0 radical (unpaired) electrons. The first-order valence-electron chi connectivity index (χ1n) is 8.65. The molecule has 4 rings (SSSR count). The number of hydrogen-bond donors (Lipinski definition) is 0. The fraction of sp³-hybridized carbons (Fsp3) is 0.471. The number of ether oxygens (including phenoxy) is 1. The van der Waals surface area contributed by atoms with Gasteiger partial charge in [-0.05, 0) is 12.1 Å². The summed E-state index contributed by atoms with van der Waals surface area (Å²) in [6.07, 6.45) is 1.62. The Morgan fingerprint density at radius 3 is 2.27 bits per heavy atom.